The summed E-state index contributed by atoms with van der Waals surface area (Å²) in [6.07, 6.45) is 2.39. The van der Waals surface area contributed by atoms with Crippen molar-refractivity contribution in [2.45, 2.75) is 40.0 Å². The lowest BCUT2D eigenvalue weighted by Crippen LogP contribution is -2.15. The van der Waals surface area contributed by atoms with E-state index in [1.54, 1.807) is 0 Å². The van der Waals surface area contributed by atoms with Gasteiger partial charge in [-0.2, -0.15) is 0 Å². The molecule has 1 atom stereocenters. The fourth-order valence-electron chi connectivity index (χ4n) is 1.77. The molecule has 0 heterocycles. The Balaban J connectivity index is 3.06. The van der Waals surface area contributed by atoms with Crippen molar-refractivity contribution in [1.82, 2.24) is 0 Å². The zero-order chi connectivity index (χ0) is 19.3. The molecule has 26 heavy (non-hydrogen) atoms. The average molecular weight is 379 g/mol. The molecule has 0 aromatic rings. The van der Waals surface area contributed by atoms with E-state index in [4.69, 9.17) is 28.4 Å². The van der Waals surface area contributed by atoms with Crippen LogP contribution < -0.4 is 0 Å². The lowest BCUT2D eigenvalue weighted by Gasteiger charge is -2.10. The molecule has 7 heteroatoms. The minimum absolute atomic E-state index is 0.174. The van der Waals surface area contributed by atoms with Crippen LogP contribution in [0, 0.1) is 5.92 Å². The molecule has 0 fully saturated rings. The number of rotatable bonds is 20. The van der Waals surface area contributed by atoms with Gasteiger partial charge >= 0.3 is 5.97 Å². The third-order valence-corrected chi connectivity index (χ3v) is 3.53. The van der Waals surface area contributed by atoms with Crippen LogP contribution in [0.3, 0.4) is 0 Å². The molecule has 0 aliphatic carbocycles. The molecule has 0 bridgehead atoms. The van der Waals surface area contributed by atoms with Crippen LogP contribution in [0.25, 0.3) is 0 Å². The first-order valence-electron chi connectivity index (χ1n) is 9.75. The van der Waals surface area contributed by atoms with E-state index in [9.17, 15) is 4.79 Å². The van der Waals surface area contributed by atoms with E-state index in [1.165, 1.54) is 0 Å². The minimum atomic E-state index is -0.174. The summed E-state index contributed by atoms with van der Waals surface area (Å²) in [5.74, 6) is 0.430. The number of esters is 1. The third-order valence-electron chi connectivity index (χ3n) is 3.53. The van der Waals surface area contributed by atoms with E-state index in [0.717, 1.165) is 19.4 Å². The van der Waals surface area contributed by atoms with Gasteiger partial charge in [-0.15, -0.1) is 0 Å². The van der Waals surface area contributed by atoms with Gasteiger partial charge in [0.25, 0.3) is 0 Å². The first-order valence-corrected chi connectivity index (χ1v) is 9.75. The Hall–Kier alpha value is -0.730. The summed E-state index contributed by atoms with van der Waals surface area (Å²) in [5.41, 5.74) is 0. The summed E-state index contributed by atoms with van der Waals surface area (Å²) in [6.45, 7) is 12.1. The summed E-state index contributed by atoms with van der Waals surface area (Å²) >= 11 is 0. The summed E-state index contributed by atoms with van der Waals surface area (Å²) in [5, 5.41) is 0. The minimum Gasteiger partial charge on any atom is -0.463 e. The molecular formula is C19H38O7. The largest absolute Gasteiger partial charge is 0.463 e. The summed E-state index contributed by atoms with van der Waals surface area (Å²) < 4.78 is 32.0. The highest BCUT2D eigenvalue weighted by molar-refractivity contribution is 5.69. The van der Waals surface area contributed by atoms with Gasteiger partial charge in [-0.1, -0.05) is 27.2 Å². The van der Waals surface area contributed by atoms with Crippen molar-refractivity contribution in [3.63, 3.8) is 0 Å². The van der Waals surface area contributed by atoms with Crippen LogP contribution in [0.4, 0.5) is 0 Å². The average Bonchev–Trinajstić information content (AvgIpc) is 2.64. The summed E-state index contributed by atoms with van der Waals surface area (Å²) in [6, 6.07) is 0. The van der Waals surface area contributed by atoms with Crippen LogP contribution in [0.1, 0.15) is 40.0 Å². The molecule has 0 aliphatic heterocycles. The second-order valence-corrected chi connectivity index (χ2v) is 6.01. The fourth-order valence-corrected chi connectivity index (χ4v) is 1.77. The molecule has 0 radical (unpaired) electrons. The van der Waals surface area contributed by atoms with Crippen molar-refractivity contribution in [2.24, 2.45) is 5.92 Å². The Labute approximate surface area is 158 Å². The lowest BCUT2D eigenvalue weighted by atomic mass is 10.1. The maximum absolute atomic E-state index is 11.1. The van der Waals surface area contributed by atoms with Crippen molar-refractivity contribution in [3.8, 4) is 0 Å². The van der Waals surface area contributed by atoms with Gasteiger partial charge in [-0.3, -0.25) is 4.79 Å². The predicted octanol–water partition coefficient (Wildman–Crippen LogP) is 2.46. The molecule has 0 rings (SSSR count). The van der Waals surface area contributed by atoms with Crippen LogP contribution in [0.15, 0.2) is 0 Å². The van der Waals surface area contributed by atoms with Gasteiger partial charge in [0.15, 0.2) is 0 Å². The van der Waals surface area contributed by atoms with Crippen molar-refractivity contribution >= 4 is 5.97 Å². The molecular weight excluding hydrogens is 340 g/mol. The Morgan fingerprint density at radius 1 is 0.692 bits per heavy atom. The number of hydrogen-bond acceptors (Lipinski definition) is 7. The molecule has 0 saturated heterocycles. The maximum Gasteiger partial charge on any atom is 0.305 e. The highest BCUT2D eigenvalue weighted by Gasteiger charge is 2.00. The quantitative estimate of drug-likeness (QED) is 0.238. The Morgan fingerprint density at radius 2 is 1.12 bits per heavy atom. The SMILES string of the molecule is CCCC(=O)OCCOCCOCCOCCOCCOCC(C)CC. The van der Waals surface area contributed by atoms with E-state index in [2.05, 4.69) is 13.8 Å². The van der Waals surface area contributed by atoms with Crippen molar-refractivity contribution in [3.05, 3.63) is 0 Å². The van der Waals surface area contributed by atoms with Gasteiger partial charge in [-0.05, 0) is 12.3 Å². The Morgan fingerprint density at radius 3 is 1.54 bits per heavy atom. The smallest absolute Gasteiger partial charge is 0.305 e. The molecule has 1 unspecified atom stereocenters. The molecule has 7 nitrogen and oxygen atoms in total. The molecule has 0 N–H and O–H groups in total. The van der Waals surface area contributed by atoms with E-state index >= 15 is 0 Å². The molecule has 0 saturated carbocycles. The van der Waals surface area contributed by atoms with Gasteiger partial charge in [0.1, 0.15) is 6.61 Å². The van der Waals surface area contributed by atoms with Gasteiger partial charge in [0, 0.05) is 13.0 Å². The van der Waals surface area contributed by atoms with Gasteiger partial charge in [-0.25, -0.2) is 0 Å². The monoisotopic (exact) mass is 378 g/mol. The second kappa shape index (κ2) is 20.6. The standard InChI is InChI=1S/C19H38O7/c1-4-6-19(20)26-16-15-24-12-11-22-8-7-21-9-10-23-13-14-25-17-18(3)5-2/h18H,4-17H2,1-3H3. The highest BCUT2D eigenvalue weighted by atomic mass is 16.6. The lowest BCUT2D eigenvalue weighted by molar-refractivity contribution is -0.145. The van der Waals surface area contributed by atoms with E-state index in [0.29, 0.717) is 78.4 Å². The topological polar surface area (TPSA) is 72.5 Å². The normalized spacial score (nSPS) is 12.3. The van der Waals surface area contributed by atoms with Crippen molar-refractivity contribution in [2.75, 3.05) is 72.7 Å². The van der Waals surface area contributed by atoms with E-state index < -0.39 is 0 Å². The molecule has 0 amide bonds. The van der Waals surface area contributed by atoms with Crippen molar-refractivity contribution < 1.29 is 33.2 Å². The van der Waals surface area contributed by atoms with Crippen LogP contribution >= 0.6 is 0 Å². The molecule has 156 valence electrons. The van der Waals surface area contributed by atoms with Crippen LogP contribution in [-0.4, -0.2) is 78.6 Å². The molecule has 0 aromatic carbocycles. The molecule has 0 spiro atoms. The maximum atomic E-state index is 11.1. The number of carbonyl (C=O) groups excluding carboxylic acids is 1. The number of carbonyl (C=O) groups is 1. The van der Waals surface area contributed by atoms with Crippen molar-refractivity contribution in [1.29, 1.82) is 0 Å². The number of hydrogen-bond donors (Lipinski definition) is 0. The summed E-state index contributed by atoms with van der Waals surface area (Å²) in [4.78, 5) is 11.1. The third kappa shape index (κ3) is 19.6. The van der Waals surface area contributed by atoms with E-state index in [-0.39, 0.29) is 5.97 Å². The first kappa shape index (κ1) is 25.3. The van der Waals surface area contributed by atoms with Crippen LogP contribution in [0.2, 0.25) is 0 Å². The van der Waals surface area contributed by atoms with Crippen LogP contribution in [0.5, 0.6) is 0 Å². The Kier molecular flexibility index (Phi) is 20.0. The second-order valence-electron chi connectivity index (χ2n) is 6.01. The zero-order valence-corrected chi connectivity index (χ0v) is 16.8. The number of ether oxygens (including phenoxy) is 6. The van der Waals surface area contributed by atoms with Crippen LogP contribution in [-0.2, 0) is 33.2 Å². The predicted molar refractivity (Wildman–Crippen MR) is 99.4 cm³/mol. The summed E-state index contributed by atoms with van der Waals surface area (Å²) in [7, 11) is 0. The first-order chi connectivity index (χ1) is 12.7. The Bertz CT molecular complexity index is 300. The van der Waals surface area contributed by atoms with Gasteiger partial charge in [0.2, 0.25) is 0 Å². The molecule has 0 aliphatic rings. The zero-order valence-electron chi connectivity index (χ0n) is 16.8. The van der Waals surface area contributed by atoms with Gasteiger partial charge in [0.05, 0.1) is 59.5 Å². The highest BCUT2D eigenvalue weighted by Crippen LogP contribution is 1.99. The van der Waals surface area contributed by atoms with Gasteiger partial charge < -0.3 is 28.4 Å². The fraction of sp³-hybridized carbons (Fsp3) is 0.947. The molecule has 0 aromatic heterocycles. The van der Waals surface area contributed by atoms with E-state index in [1.807, 2.05) is 6.92 Å².